The summed E-state index contributed by atoms with van der Waals surface area (Å²) in [5.41, 5.74) is 2.35. The van der Waals surface area contributed by atoms with Crippen LogP contribution in [0.15, 0.2) is 18.2 Å². The van der Waals surface area contributed by atoms with Crippen LogP contribution in [0.3, 0.4) is 0 Å². The van der Waals surface area contributed by atoms with Gasteiger partial charge in [0, 0.05) is 13.0 Å². The van der Waals surface area contributed by atoms with Crippen LogP contribution in [0.4, 0.5) is 24.8 Å². The molecule has 90 valence electrons. The highest BCUT2D eigenvalue weighted by Gasteiger charge is 2.25. The second kappa shape index (κ2) is 5.55. The number of pyridine rings is 1. The number of nitrogens with one attached hydrogen (secondary N) is 2. The number of hydrogen-bond donors (Lipinski definition) is 3. The molecule has 4 nitrogen and oxygen atoms in total. The van der Waals surface area contributed by atoms with E-state index < -0.39 is 12.6 Å². The van der Waals surface area contributed by atoms with Gasteiger partial charge >= 0.3 is 6.18 Å². The van der Waals surface area contributed by atoms with Gasteiger partial charge in [0.1, 0.15) is 11.6 Å². The second-order valence-electron chi connectivity index (χ2n) is 3.20. The Labute approximate surface area is 91.0 Å². The summed E-state index contributed by atoms with van der Waals surface area (Å²) < 4.78 is 35.5. The summed E-state index contributed by atoms with van der Waals surface area (Å²) >= 11 is 0. The van der Waals surface area contributed by atoms with E-state index in [-0.39, 0.29) is 13.0 Å². The minimum absolute atomic E-state index is 0.0193. The number of anilines is 2. The number of aromatic nitrogens is 1. The number of rotatable bonds is 5. The number of alkyl halides is 3. The van der Waals surface area contributed by atoms with Crippen LogP contribution in [0, 0.1) is 0 Å². The third-order valence-electron chi connectivity index (χ3n) is 1.84. The first-order valence-electron chi connectivity index (χ1n) is 4.75. The van der Waals surface area contributed by atoms with Gasteiger partial charge in [0.05, 0.1) is 0 Å². The quantitative estimate of drug-likeness (QED) is 0.415. The molecule has 0 amide bonds. The fourth-order valence-electron chi connectivity index (χ4n) is 1.12. The van der Waals surface area contributed by atoms with Crippen molar-refractivity contribution < 1.29 is 13.2 Å². The Morgan fingerprint density at radius 2 is 1.94 bits per heavy atom. The van der Waals surface area contributed by atoms with Gasteiger partial charge in [0.2, 0.25) is 0 Å². The van der Waals surface area contributed by atoms with Crippen LogP contribution in [-0.2, 0) is 0 Å². The van der Waals surface area contributed by atoms with Crippen molar-refractivity contribution in [3.05, 3.63) is 18.2 Å². The Bertz CT molecular complexity index is 327. The molecule has 7 heteroatoms. The van der Waals surface area contributed by atoms with E-state index in [0.29, 0.717) is 11.6 Å². The van der Waals surface area contributed by atoms with E-state index in [2.05, 4.69) is 15.7 Å². The Morgan fingerprint density at radius 3 is 2.56 bits per heavy atom. The minimum Gasteiger partial charge on any atom is -0.370 e. The van der Waals surface area contributed by atoms with Crippen LogP contribution in [0.25, 0.3) is 0 Å². The van der Waals surface area contributed by atoms with Crippen LogP contribution in [0.2, 0.25) is 0 Å². The van der Waals surface area contributed by atoms with Gasteiger partial charge in [-0.15, -0.1) is 0 Å². The zero-order chi connectivity index (χ0) is 12.0. The van der Waals surface area contributed by atoms with Gasteiger partial charge in [-0.05, 0) is 18.6 Å². The molecule has 1 aromatic rings. The number of hydrogen-bond acceptors (Lipinski definition) is 4. The van der Waals surface area contributed by atoms with Crippen molar-refractivity contribution in [3.63, 3.8) is 0 Å². The first kappa shape index (κ1) is 12.6. The molecule has 1 heterocycles. The molecule has 0 aliphatic rings. The van der Waals surface area contributed by atoms with Crippen molar-refractivity contribution in [1.82, 2.24) is 4.98 Å². The molecular weight excluding hydrogens is 221 g/mol. The van der Waals surface area contributed by atoms with Gasteiger partial charge in [0.25, 0.3) is 0 Å². The first-order valence-corrected chi connectivity index (χ1v) is 4.75. The molecule has 4 N–H and O–H groups in total. The SMILES string of the molecule is NNc1cccc(NCCCC(F)(F)F)n1. The molecule has 0 unspecified atom stereocenters. The summed E-state index contributed by atoms with van der Waals surface area (Å²) in [5.74, 6) is 6.10. The number of halogens is 3. The molecule has 0 bridgehead atoms. The van der Waals surface area contributed by atoms with Gasteiger partial charge in [0.15, 0.2) is 0 Å². The Kier molecular flexibility index (Phi) is 4.36. The summed E-state index contributed by atoms with van der Waals surface area (Å²) in [6, 6.07) is 5.02. The number of nitrogens with zero attached hydrogens (tertiary/aromatic N) is 1. The molecule has 1 aromatic heterocycles. The predicted octanol–water partition coefficient (Wildman–Crippen LogP) is 2.12. The van der Waals surface area contributed by atoms with Crippen LogP contribution in [-0.4, -0.2) is 17.7 Å². The van der Waals surface area contributed by atoms with Gasteiger partial charge in [-0.3, -0.25) is 0 Å². The lowest BCUT2D eigenvalue weighted by atomic mass is 10.3. The Balaban J connectivity index is 2.32. The molecule has 0 aromatic carbocycles. The fourth-order valence-corrected chi connectivity index (χ4v) is 1.12. The van der Waals surface area contributed by atoms with Crippen molar-refractivity contribution >= 4 is 11.6 Å². The standard InChI is InChI=1S/C9H13F3N4/c10-9(11,12)5-2-6-14-7-3-1-4-8(15-7)16-13/h1,3-4H,2,5-6,13H2,(H2,14,15,16). The van der Waals surface area contributed by atoms with E-state index in [4.69, 9.17) is 5.84 Å². The molecule has 0 spiro atoms. The summed E-state index contributed by atoms with van der Waals surface area (Å²) in [7, 11) is 0. The highest BCUT2D eigenvalue weighted by molar-refractivity contribution is 5.44. The number of hydrazine groups is 1. The maximum absolute atomic E-state index is 11.8. The third kappa shape index (κ3) is 4.83. The summed E-state index contributed by atoms with van der Waals surface area (Å²) in [6.07, 6.45) is -4.88. The lowest BCUT2D eigenvalue weighted by molar-refractivity contribution is -0.134. The highest BCUT2D eigenvalue weighted by atomic mass is 19.4. The normalized spacial score (nSPS) is 11.2. The topological polar surface area (TPSA) is 63.0 Å². The maximum Gasteiger partial charge on any atom is 0.389 e. The molecule has 16 heavy (non-hydrogen) atoms. The van der Waals surface area contributed by atoms with Crippen molar-refractivity contribution in [3.8, 4) is 0 Å². The van der Waals surface area contributed by atoms with E-state index in [1.54, 1.807) is 18.2 Å². The van der Waals surface area contributed by atoms with E-state index in [1.807, 2.05) is 0 Å². The van der Waals surface area contributed by atoms with Crippen LogP contribution in [0.5, 0.6) is 0 Å². The Hall–Kier alpha value is -1.50. The van der Waals surface area contributed by atoms with Crippen LogP contribution < -0.4 is 16.6 Å². The summed E-state index contributed by atoms with van der Waals surface area (Å²) in [4.78, 5) is 4.00. The lowest BCUT2D eigenvalue weighted by Gasteiger charge is -2.08. The average molecular weight is 234 g/mol. The van der Waals surface area contributed by atoms with Crippen molar-refractivity contribution in [2.24, 2.45) is 5.84 Å². The molecule has 0 fully saturated rings. The maximum atomic E-state index is 11.8. The van der Waals surface area contributed by atoms with E-state index in [9.17, 15) is 13.2 Å². The smallest absolute Gasteiger partial charge is 0.370 e. The fraction of sp³-hybridized carbons (Fsp3) is 0.444. The summed E-state index contributed by atoms with van der Waals surface area (Å²) in [6.45, 7) is 0.223. The van der Waals surface area contributed by atoms with Crippen LogP contribution >= 0.6 is 0 Å². The van der Waals surface area contributed by atoms with Crippen molar-refractivity contribution in [2.45, 2.75) is 19.0 Å². The molecule has 1 rings (SSSR count). The van der Waals surface area contributed by atoms with E-state index in [1.165, 1.54) is 0 Å². The molecule has 0 saturated heterocycles. The second-order valence-corrected chi connectivity index (χ2v) is 3.20. The number of nitrogens with two attached hydrogens (primary N) is 1. The zero-order valence-corrected chi connectivity index (χ0v) is 8.51. The highest BCUT2D eigenvalue weighted by Crippen LogP contribution is 2.21. The van der Waals surface area contributed by atoms with Crippen molar-refractivity contribution in [1.29, 1.82) is 0 Å². The van der Waals surface area contributed by atoms with Gasteiger partial charge in [-0.1, -0.05) is 6.07 Å². The molecule has 0 radical (unpaired) electrons. The van der Waals surface area contributed by atoms with E-state index in [0.717, 1.165) is 0 Å². The molecule has 0 aliphatic carbocycles. The molecule has 0 saturated carbocycles. The molecule has 0 atom stereocenters. The predicted molar refractivity (Wildman–Crippen MR) is 55.8 cm³/mol. The molecular formula is C9H13F3N4. The number of nitrogen functional groups attached to an aromatic ring is 1. The lowest BCUT2D eigenvalue weighted by Crippen LogP contribution is -2.12. The molecule has 0 aliphatic heterocycles. The van der Waals surface area contributed by atoms with Gasteiger partial charge < -0.3 is 10.7 Å². The van der Waals surface area contributed by atoms with E-state index >= 15 is 0 Å². The van der Waals surface area contributed by atoms with Crippen molar-refractivity contribution in [2.75, 3.05) is 17.3 Å². The summed E-state index contributed by atoms with van der Waals surface area (Å²) in [5, 5.41) is 2.79. The minimum atomic E-state index is -4.10. The Morgan fingerprint density at radius 1 is 1.25 bits per heavy atom. The zero-order valence-electron chi connectivity index (χ0n) is 8.51. The van der Waals surface area contributed by atoms with Gasteiger partial charge in [-0.25, -0.2) is 10.8 Å². The first-order chi connectivity index (χ1) is 7.51. The monoisotopic (exact) mass is 234 g/mol. The van der Waals surface area contributed by atoms with Crippen LogP contribution in [0.1, 0.15) is 12.8 Å². The third-order valence-corrected chi connectivity index (χ3v) is 1.84. The average Bonchev–Trinajstić information content (AvgIpc) is 2.23. The van der Waals surface area contributed by atoms with Gasteiger partial charge in [-0.2, -0.15) is 13.2 Å². The largest absolute Gasteiger partial charge is 0.389 e.